The monoisotopic (exact) mass is 531 g/mol. The highest BCUT2D eigenvalue weighted by Crippen LogP contribution is 2.53. The Kier molecular flexibility index (Phi) is 6.86. The molecule has 12 heteroatoms. The van der Waals surface area contributed by atoms with Crippen molar-refractivity contribution in [2.45, 2.75) is 48.9 Å². The summed E-state index contributed by atoms with van der Waals surface area (Å²) < 4.78 is 30.6. The Morgan fingerprint density at radius 3 is 2.49 bits per heavy atom. The van der Waals surface area contributed by atoms with Crippen LogP contribution in [-0.4, -0.2) is 84.9 Å². The summed E-state index contributed by atoms with van der Waals surface area (Å²) in [7, 11) is -3.60. The van der Waals surface area contributed by atoms with Crippen molar-refractivity contribution in [3.63, 3.8) is 0 Å². The number of benzene rings is 1. The van der Waals surface area contributed by atoms with Crippen molar-refractivity contribution in [1.82, 2.24) is 15.3 Å². The summed E-state index contributed by atoms with van der Waals surface area (Å²) in [6, 6.07) is 8.47. The maximum Gasteiger partial charge on any atom is 0.319 e. The highest BCUT2D eigenvalue weighted by atomic mass is 32.2. The van der Waals surface area contributed by atoms with E-state index in [0.29, 0.717) is 61.2 Å². The molecule has 0 radical (unpaired) electrons. The zero-order valence-electron chi connectivity index (χ0n) is 20.8. The molecule has 2 aliphatic carbocycles. The van der Waals surface area contributed by atoms with Crippen molar-refractivity contribution in [3.8, 4) is 11.4 Å². The van der Waals surface area contributed by atoms with E-state index < -0.39 is 26.7 Å². The van der Waals surface area contributed by atoms with E-state index in [1.54, 1.807) is 30.3 Å². The number of aromatic nitrogens is 2. The number of nitrogens with one attached hydrogen (secondary N) is 2. The SMILES string of the molecule is C[C@H]1COCCN1c1cc(C2(S(=O)(=O)CCO)CC2)nc(-c2ccc(NC(=O)NC3(CO)CC3)cc2)n1. The van der Waals surface area contributed by atoms with Crippen LogP contribution >= 0.6 is 0 Å². The Morgan fingerprint density at radius 2 is 1.89 bits per heavy atom. The van der Waals surface area contributed by atoms with Gasteiger partial charge in [-0.1, -0.05) is 0 Å². The zero-order valence-corrected chi connectivity index (χ0v) is 21.6. The van der Waals surface area contributed by atoms with Gasteiger partial charge in [0.15, 0.2) is 15.7 Å². The first-order valence-electron chi connectivity index (χ1n) is 12.6. The van der Waals surface area contributed by atoms with Crippen LogP contribution in [0.2, 0.25) is 0 Å². The van der Waals surface area contributed by atoms with Gasteiger partial charge in [-0.3, -0.25) is 0 Å². The Morgan fingerprint density at radius 1 is 1.16 bits per heavy atom. The van der Waals surface area contributed by atoms with Crippen LogP contribution in [0.25, 0.3) is 11.4 Å². The number of morpholine rings is 1. The number of amides is 2. The maximum absolute atomic E-state index is 13.1. The molecule has 1 saturated heterocycles. The minimum absolute atomic E-state index is 0.0623. The largest absolute Gasteiger partial charge is 0.395 e. The number of nitrogens with zero attached hydrogens (tertiary/aromatic N) is 3. The number of ether oxygens (including phenoxy) is 1. The van der Waals surface area contributed by atoms with Crippen LogP contribution < -0.4 is 15.5 Å². The quantitative estimate of drug-likeness (QED) is 0.376. The van der Waals surface area contributed by atoms with E-state index in [9.17, 15) is 23.4 Å². The summed E-state index contributed by atoms with van der Waals surface area (Å²) in [6.07, 6.45) is 2.42. The molecule has 200 valence electrons. The zero-order chi connectivity index (χ0) is 26.3. The summed E-state index contributed by atoms with van der Waals surface area (Å²) in [5.41, 5.74) is 1.18. The number of hydrogen-bond donors (Lipinski definition) is 4. The Labute approximate surface area is 216 Å². The maximum atomic E-state index is 13.1. The van der Waals surface area contributed by atoms with Crippen molar-refractivity contribution in [3.05, 3.63) is 36.0 Å². The van der Waals surface area contributed by atoms with Crippen molar-refractivity contribution in [2.75, 3.05) is 48.9 Å². The smallest absolute Gasteiger partial charge is 0.319 e. The summed E-state index contributed by atoms with van der Waals surface area (Å²) in [5.74, 6) is 0.724. The number of carbonyl (C=O) groups is 1. The summed E-state index contributed by atoms with van der Waals surface area (Å²) in [5, 5.41) is 24.3. The molecule has 2 saturated carbocycles. The first-order valence-corrected chi connectivity index (χ1v) is 14.2. The van der Waals surface area contributed by atoms with Crippen LogP contribution in [0.5, 0.6) is 0 Å². The molecule has 0 spiro atoms. The van der Waals surface area contributed by atoms with E-state index >= 15 is 0 Å². The van der Waals surface area contributed by atoms with Gasteiger partial charge in [-0.05, 0) is 56.9 Å². The van der Waals surface area contributed by atoms with Gasteiger partial charge in [0.05, 0.1) is 49.5 Å². The molecule has 1 aliphatic heterocycles. The number of aliphatic hydroxyl groups is 2. The van der Waals surface area contributed by atoms with Gasteiger partial charge in [0.25, 0.3) is 0 Å². The number of anilines is 2. The average molecular weight is 532 g/mol. The second-order valence-corrected chi connectivity index (χ2v) is 12.6. The number of rotatable bonds is 9. The molecule has 1 atom stereocenters. The van der Waals surface area contributed by atoms with Crippen LogP contribution in [0.15, 0.2) is 30.3 Å². The fraction of sp³-hybridized carbons (Fsp3) is 0.560. The highest BCUT2D eigenvalue weighted by molar-refractivity contribution is 7.92. The van der Waals surface area contributed by atoms with Gasteiger partial charge in [0.1, 0.15) is 10.6 Å². The molecule has 5 rings (SSSR count). The van der Waals surface area contributed by atoms with Gasteiger partial charge >= 0.3 is 6.03 Å². The lowest BCUT2D eigenvalue weighted by molar-refractivity contribution is 0.0985. The normalized spacial score (nSPS) is 21.8. The molecular weight excluding hydrogens is 498 g/mol. The summed E-state index contributed by atoms with van der Waals surface area (Å²) in [4.78, 5) is 23.9. The molecule has 4 N–H and O–H groups in total. The third-order valence-electron chi connectivity index (χ3n) is 7.44. The molecule has 37 heavy (non-hydrogen) atoms. The molecule has 0 unspecified atom stereocenters. The topological polar surface area (TPSA) is 154 Å². The van der Waals surface area contributed by atoms with E-state index in [-0.39, 0.29) is 24.4 Å². The Hall–Kier alpha value is -2.80. The molecule has 2 amide bonds. The van der Waals surface area contributed by atoms with Crippen LogP contribution in [-0.2, 0) is 19.3 Å². The third-order valence-corrected chi connectivity index (χ3v) is 9.96. The van der Waals surface area contributed by atoms with Gasteiger partial charge in [-0.15, -0.1) is 0 Å². The van der Waals surface area contributed by atoms with E-state index in [4.69, 9.17) is 14.7 Å². The Balaban J connectivity index is 1.45. The van der Waals surface area contributed by atoms with Crippen LogP contribution in [0.4, 0.5) is 16.3 Å². The van der Waals surface area contributed by atoms with Crippen LogP contribution in [0, 0.1) is 0 Å². The third kappa shape index (κ3) is 5.15. The lowest BCUT2D eigenvalue weighted by atomic mass is 10.1. The highest BCUT2D eigenvalue weighted by Gasteiger charge is 2.57. The molecule has 0 bridgehead atoms. The molecule has 3 fully saturated rings. The minimum Gasteiger partial charge on any atom is -0.395 e. The second-order valence-electron chi connectivity index (χ2n) is 10.2. The Bertz CT molecular complexity index is 1260. The predicted molar refractivity (Wildman–Crippen MR) is 138 cm³/mol. The van der Waals surface area contributed by atoms with Crippen molar-refractivity contribution >= 4 is 27.4 Å². The van der Waals surface area contributed by atoms with Gasteiger partial charge < -0.3 is 30.5 Å². The van der Waals surface area contributed by atoms with E-state index in [0.717, 1.165) is 12.8 Å². The summed E-state index contributed by atoms with van der Waals surface area (Å²) >= 11 is 0. The first kappa shape index (κ1) is 25.8. The molecule has 2 aromatic rings. The molecule has 1 aromatic heterocycles. The van der Waals surface area contributed by atoms with Gasteiger partial charge in [-0.2, -0.15) is 0 Å². The number of carbonyl (C=O) groups excluding carboxylic acids is 1. The van der Waals surface area contributed by atoms with Gasteiger partial charge in [0.2, 0.25) is 0 Å². The fourth-order valence-electron chi connectivity index (χ4n) is 4.75. The minimum atomic E-state index is -3.60. The lowest BCUT2D eigenvalue weighted by Gasteiger charge is -2.34. The van der Waals surface area contributed by atoms with E-state index in [1.807, 2.05) is 6.92 Å². The van der Waals surface area contributed by atoms with E-state index in [1.165, 1.54) is 0 Å². The average Bonchev–Trinajstić information content (AvgIpc) is 3.80. The van der Waals surface area contributed by atoms with Crippen molar-refractivity contribution in [1.29, 1.82) is 0 Å². The number of aliphatic hydroxyl groups excluding tert-OH is 2. The van der Waals surface area contributed by atoms with E-state index in [2.05, 4.69) is 15.5 Å². The molecule has 11 nitrogen and oxygen atoms in total. The first-order chi connectivity index (χ1) is 17.7. The van der Waals surface area contributed by atoms with Crippen LogP contribution in [0.1, 0.15) is 38.3 Å². The number of hydrogen-bond acceptors (Lipinski definition) is 9. The number of sulfone groups is 1. The van der Waals surface area contributed by atoms with Gasteiger partial charge in [-0.25, -0.2) is 23.2 Å². The molecule has 3 aliphatic rings. The van der Waals surface area contributed by atoms with Crippen molar-refractivity contribution < 1.29 is 28.2 Å². The summed E-state index contributed by atoms with van der Waals surface area (Å²) in [6.45, 7) is 3.23. The number of urea groups is 1. The molecular formula is C25H33N5O6S. The van der Waals surface area contributed by atoms with Crippen LogP contribution in [0.3, 0.4) is 0 Å². The van der Waals surface area contributed by atoms with Crippen molar-refractivity contribution in [2.24, 2.45) is 0 Å². The second kappa shape index (κ2) is 9.82. The van der Waals surface area contributed by atoms with Gasteiger partial charge in [0, 0.05) is 23.9 Å². The predicted octanol–water partition coefficient (Wildman–Crippen LogP) is 1.41. The lowest BCUT2D eigenvalue weighted by Crippen LogP contribution is -2.44. The molecule has 1 aromatic carbocycles. The standard InChI is InChI=1S/C25H33N5O6S/c1-17-15-36-12-10-30(17)21-14-20(25(8-9-25)37(34,35)13-11-31)27-22(28-21)18-2-4-19(5-3-18)26-23(33)29-24(16-32)6-7-24/h2-5,14,17,31-32H,6-13,15-16H2,1H3,(H2,26,29,33)/t17-/m0/s1. The fourth-order valence-corrected chi connectivity index (χ4v) is 6.52. The molecule has 2 heterocycles.